The van der Waals surface area contributed by atoms with Crippen molar-refractivity contribution in [1.29, 1.82) is 0 Å². The van der Waals surface area contributed by atoms with Gasteiger partial charge >= 0.3 is 6.09 Å². The molecule has 0 aromatic heterocycles. The molecule has 7 heteroatoms. The van der Waals surface area contributed by atoms with Crippen molar-refractivity contribution in [2.24, 2.45) is 0 Å². The van der Waals surface area contributed by atoms with Gasteiger partial charge in [0.1, 0.15) is 5.60 Å². The molecule has 7 nitrogen and oxygen atoms in total. The normalized spacial score (nSPS) is 15.6. The van der Waals surface area contributed by atoms with Crippen LogP contribution >= 0.6 is 0 Å². The number of carbonyl (C=O) groups excluding carboxylic acids is 2. The maximum Gasteiger partial charge on any atom is 0.412 e. The summed E-state index contributed by atoms with van der Waals surface area (Å²) in [7, 11) is 0. The Labute approximate surface area is 190 Å². The molecule has 1 unspecified atom stereocenters. The van der Waals surface area contributed by atoms with Gasteiger partial charge in [-0.2, -0.15) is 0 Å². The molecule has 1 aliphatic heterocycles. The number of hydrogen-bond donors (Lipinski definition) is 2. The van der Waals surface area contributed by atoms with Gasteiger partial charge in [0, 0.05) is 30.9 Å². The zero-order valence-corrected chi connectivity index (χ0v) is 19.3. The van der Waals surface area contributed by atoms with Gasteiger partial charge in [-0.05, 0) is 57.5 Å². The van der Waals surface area contributed by atoms with Gasteiger partial charge in [0.25, 0.3) is 5.91 Å². The van der Waals surface area contributed by atoms with Crippen LogP contribution in [0.3, 0.4) is 0 Å². The topological polar surface area (TPSA) is 79.9 Å². The summed E-state index contributed by atoms with van der Waals surface area (Å²) in [6, 6.07) is 14.9. The predicted octanol–water partition coefficient (Wildman–Crippen LogP) is 4.15. The summed E-state index contributed by atoms with van der Waals surface area (Å²) in [5.74, 6) is -0.160. The van der Waals surface area contributed by atoms with E-state index in [1.54, 1.807) is 45.0 Å². The lowest BCUT2D eigenvalue weighted by molar-refractivity contribution is 0.0332. The number of rotatable bonds is 6. The van der Waals surface area contributed by atoms with E-state index in [9.17, 15) is 9.59 Å². The van der Waals surface area contributed by atoms with Crippen molar-refractivity contribution in [3.63, 3.8) is 0 Å². The Balaban J connectivity index is 1.66. The van der Waals surface area contributed by atoms with Crippen LogP contribution in [-0.2, 0) is 9.47 Å². The average molecular weight is 440 g/mol. The summed E-state index contributed by atoms with van der Waals surface area (Å²) in [5.41, 5.74) is 2.77. The van der Waals surface area contributed by atoms with Crippen LogP contribution in [-0.4, -0.2) is 55.3 Å². The number of morpholine rings is 1. The van der Waals surface area contributed by atoms with Gasteiger partial charge in [0.05, 0.1) is 19.3 Å². The third-order valence-corrected chi connectivity index (χ3v) is 5.12. The third-order valence-electron chi connectivity index (χ3n) is 5.12. The van der Waals surface area contributed by atoms with Gasteiger partial charge in [-0.3, -0.25) is 15.0 Å². The molecule has 2 aromatic rings. The van der Waals surface area contributed by atoms with Gasteiger partial charge in [-0.15, -0.1) is 0 Å². The van der Waals surface area contributed by atoms with Crippen molar-refractivity contribution in [3.05, 3.63) is 65.2 Å². The standard InChI is InChI=1S/C25H33N3O4/c1-18-5-7-19(8-6-18)22(17-28-13-15-31-16-14-28)27-23(29)20-9-11-21(12-10-20)26-24(30)32-25(2,3)4/h5-12,22H,13-17H2,1-4H3,(H,26,30)(H,27,29). The van der Waals surface area contributed by atoms with Crippen molar-refractivity contribution in [1.82, 2.24) is 10.2 Å². The number of ether oxygens (including phenoxy) is 2. The van der Waals surface area contributed by atoms with Crippen LogP contribution in [0, 0.1) is 6.92 Å². The quantitative estimate of drug-likeness (QED) is 0.707. The van der Waals surface area contributed by atoms with Crippen LogP contribution < -0.4 is 10.6 Å². The number of nitrogens with zero attached hydrogens (tertiary/aromatic N) is 1. The molecular formula is C25H33N3O4. The zero-order chi connectivity index (χ0) is 23.1. The Morgan fingerprint density at radius 3 is 2.25 bits per heavy atom. The van der Waals surface area contributed by atoms with Gasteiger partial charge < -0.3 is 14.8 Å². The number of aryl methyl sites for hydroxylation is 1. The molecule has 0 radical (unpaired) electrons. The van der Waals surface area contributed by atoms with Crippen molar-refractivity contribution >= 4 is 17.7 Å². The van der Waals surface area contributed by atoms with E-state index in [-0.39, 0.29) is 11.9 Å². The second-order valence-corrected chi connectivity index (χ2v) is 9.05. The summed E-state index contributed by atoms with van der Waals surface area (Å²) < 4.78 is 10.7. The van der Waals surface area contributed by atoms with Crippen LogP contribution in [0.15, 0.2) is 48.5 Å². The number of anilines is 1. The fraction of sp³-hybridized carbons (Fsp3) is 0.440. The highest BCUT2D eigenvalue weighted by Crippen LogP contribution is 2.18. The zero-order valence-electron chi connectivity index (χ0n) is 19.3. The summed E-state index contributed by atoms with van der Waals surface area (Å²) in [6.07, 6.45) is -0.528. The summed E-state index contributed by atoms with van der Waals surface area (Å²) in [5, 5.41) is 5.85. The minimum atomic E-state index is -0.574. The smallest absolute Gasteiger partial charge is 0.412 e. The molecule has 2 amide bonds. The van der Waals surface area contributed by atoms with Gasteiger partial charge in [0.2, 0.25) is 0 Å². The molecule has 0 aliphatic carbocycles. The molecule has 1 heterocycles. The summed E-state index contributed by atoms with van der Waals surface area (Å²) >= 11 is 0. The van der Waals surface area contributed by atoms with E-state index in [1.807, 2.05) is 6.92 Å². The second-order valence-electron chi connectivity index (χ2n) is 9.05. The average Bonchev–Trinajstić information content (AvgIpc) is 2.73. The van der Waals surface area contributed by atoms with Crippen molar-refractivity contribution < 1.29 is 19.1 Å². The highest BCUT2D eigenvalue weighted by molar-refractivity contribution is 5.95. The maximum absolute atomic E-state index is 13.0. The van der Waals surface area contributed by atoms with E-state index in [0.717, 1.165) is 25.2 Å². The van der Waals surface area contributed by atoms with Gasteiger partial charge in [0.15, 0.2) is 0 Å². The first kappa shape index (κ1) is 23.8. The molecular weight excluding hydrogens is 406 g/mol. The molecule has 0 spiro atoms. The molecule has 2 aromatic carbocycles. The molecule has 1 atom stereocenters. The molecule has 0 bridgehead atoms. The molecule has 1 fully saturated rings. The molecule has 2 N–H and O–H groups in total. The maximum atomic E-state index is 13.0. The van der Waals surface area contributed by atoms with Crippen LogP contribution in [0.2, 0.25) is 0 Å². The Morgan fingerprint density at radius 1 is 1.03 bits per heavy atom. The Kier molecular flexibility index (Phi) is 7.88. The fourth-order valence-corrected chi connectivity index (χ4v) is 3.44. The molecule has 32 heavy (non-hydrogen) atoms. The van der Waals surface area contributed by atoms with Crippen molar-refractivity contribution in [2.45, 2.75) is 39.3 Å². The number of carbonyl (C=O) groups is 2. The molecule has 172 valence electrons. The highest BCUT2D eigenvalue weighted by atomic mass is 16.6. The largest absolute Gasteiger partial charge is 0.444 e. The van der Waals surface area contributed by atoms with Crippen LogP contribution in [0.1, 0.15) is 48.3 Å². The Hall–Kier alpha value is -2.90. The lowest BCUT2D eigenvalue weighted by Gasteiger charge is -2.31. The summed E-state index contributed by atoms with van der Waals surface area (Å²) in [4.78, 5) is 27.2. The van der Waals surface area contributed by atoms with E-state index < -0.39 is 11.7 Å². The van der Waals surface area contributed by atoms with E-state index in [1.165, 1.54) is 5.56 Å². The Bertz CT molecular complexity index is 898. The van der Waals surface area contributed by atoms with E-state index >= 15 is 0 Å². The number of nitrogens with one attached hydrogen (secondary N) is 2. The fourth-order valence-electron chi connectivity index (χ4n) is 3.44. The lowest BCUT2D eigenvalue weighted by atomic mass is 10.0. The van der Waals surface area contributed by atoms with Crippen molar-refractivity contribution in [3.8, 4) is 0 Å². The minimum Gasteiger partial charge on any atom is -0.444 e. The Morgan fingerprint density at radius 2 is 1.66 bits per heavy atom. The molecule has 1 saturated heterocycles. The monoisotopic (exact) mass is 439 g/mol. The summed E-state index contributed by atoms with van der Waals surface area (Å²) in [6.45, 7) is 11.3. The number of amides is 2. The van der Waals surface area contributed by atoms with E-state index in [4.69, 9.17) is 9.47 Å². The van der Waals surface area contributed by atoms with Crippen LogP contribution in [0.4, 0.5) is 10.5 Å². The number of hydrogen-bond acceptors (Lipinski definition) is 5. The van der Waals surface area contributed by atoms with E-state index in [0.29, 0.717) is 24.5 Å². The third kappa shape index (κ3) is 7.35. The first-order valence-corrected chi connectivity index (χ1v) is 11.0. The predicted molar refractivity (Wildman–Crippen MR) is 125 cm³/mol. The second kappa shape index (κ2) is 10.6. The minimum absolute atomic E-state index is 0.138. The first-order chi connectivity index (χ1) is 15.2. The van der Waals surface area contributed by atoms with E-state index in [2.05, 4.69) is 39.8 Å². The lowest BCUT2D eigenvalue weighted by Crippen LogP contribution is -2.43. The van der Waals surface area contributed by atoms with Crippen LogP contribution in [0.5, 0.6) is 0 Å². The van der Waals surface area contributed by atoms with Crippen LogP contribution in [0.25, 0.3) is 0 Å². The first-order valence-electron chi connectivity index (χ1n) is 11.0. The number of benzene rings is 2. The van der Waals surface area contributed by atoms with Gasteiger partial charge in [-0.25, -0.2) is 4.79 Å². The molecule has 1 aliphatic rings. The molecule has 3 rings (SSSR count). The van der Waals surface area contributed by atoms with Gasteiger partial charge in [-0.1, -0.05) is 29.8 Å². The molecule has 0 saturated carbocycles. The highest BCUT2D eigenvalue weighted by Gasteiger charge is 2.21. The van der Waals surface area contributed by atoms with Crippen molar-refractivity contribution in [2.75, 3.05) is 38.2 Å². The SMILES string of the molecule is Cc1ccc(C(CN2CCOCC2)NC(=O)c2ccc(NC(=O)OC(C)(C)C)cc2)cc1.